The smallest absolute Gasteiger partial charge is 0.449 e. The van der Waals surface area contributed by atoms with Crippen LogP contribution < -0.4 is 5.32 Å². The van der Waals surface area contributed by atoms with Gasteiger partial charge in [-0.3, -0.25) is 0 Å². The summed E-state index contributed by atoms with van der Waals surface area (Å²) in [7, 11) is 0. The van der Waals surface area contributed by atoms with Crippen molar-refractivity contribution in [3.8, 4) is 11.1 Å². The van der Waals surface area contributed by atoms with E-state index in [0.29, 0.717) is 0 Å². The number of fused-ring (bicyclic) bond motifs is 3. The summed E-state index contributed by atoms with van der Waals surface area (Å²) in [4.78, 5) is 22.4. The van der Waals surface area contributed by atoms with Gasteiger partial charge in [0.15, 0.2) is 0 Å². The maximum Gasteiger partial charge on any atom is 0.546 e. The normalized spacial score (nSPS) is 13.1. The van der Waals surface area contributed by atoms with Crippen molar-refractivity contribution < 1.29 is 27.3 Å². The zero-order chi connectivity index (χ0) is 18.0. The van der Waals surface area contributed by atoms with Crippen molar-refractivity contribution in [1.29, 1.82) is 0 Å². The van der Waals surface area contributed by atoms with Crippen LogP contribution >= 0.6 is 0 Å². The van der Waals surface area contributed by atoms with Gasteiger partial charge in [0.2, 0.25) is 0 Å². The number of alkyl carbamates (subject to hydrolysis) is 1. The topological polar surface area (TPSA) is 55.4 Å². The molecule has 0 bridgehead atoms. The number of hydrogen-bond donors (Lipinski definition) is 1. The highest BCUT2D eigenvalue weighted by molar-refractivity contribution is 6.91. The highest BCUT2D eigenvalue weighted by Crippen LogP contribution is 2.44. The van der Waals surface area contributed by atoms with E-state index in [0.717, 1.165) is 22.3 Å². The maximum atomic E-state index is 12.2. The Morgan fingerprint density at radius 2 is 1.48 bits per heavy atom. The summed E-state index contributed by atoms with van der Waals surface area (Å²) in [5, 5.41) is 1.85. The molecule has 0 fully saturated rings. The Bertz CT molecular complexity index is 777. The highest BCUT2D eigenvalue weighted by Gasteiger charge is 2.33. The van der Waals surface area contributed by atoms with E-state index in [9.17, 15) is 22.5 Å². The molecule has 0 spiro atoms. The van der Waals surface area contributed by atoms with Gasteiger partial charge < -0.3 is 27.8 Å². The third-order valence-electron chi connectivity index (χ3n) is 4.12. The van der Waals surface area contributed by atoms with Gasteiger partial charge in [0.25, 0.3) is 0 Å². The van der Waals surface area contributed by atoms with Crippen molar-refractivity contribution in [1.82, 2.24) is 5.32 Å². The fraction of sp³-hybridized carbons (Fsp3) is 0.176. The van der Waals surface area contributed by atoms with Gasteiger partial charge >= 0.3 is 13.1 Å². The van der Waals surface area contributed by atoms with E-state index < -0.39 is 25.3 Å². The third-order valence-corrected chi connectivity index (χ3v) is 4.12. The summed E-state index contributed by atoms with van der Waals surface area (Å²) < 4.78 is 41.6. The fourth-order valence-electron chi connectivity index (χ4n) is 2.92. The van der Waals surface area contributed by atoms with Crippen molar-refractivity contribution in [2.24, 2.45) is 0 Å². The summed E-state index contributed by atoms with van der Waals surface area (Å²) in [5.74, 6) is -0.194. The monoisotopic (exact) mass is 348 g/mol. The van der Waals surface area contributed by atoms with E-state index in [4.69, 9.17) is 4.74 Å². The second-order valence-electron chi connectivity index (χ2n) is 5.72. The molecule has 2 aromatic carbocycles. The molecule has 0 aliphatic heterocycles. The van der Waals surface area contributed by atoms with E-state index >= 15 is 0 Å². The van der Waals surface area contributed by atoms with Crippen molar-refractivity contribution in [3.05, 3.63) is 59.7 Å². The molecule has 0 heterocycles. The lowest BCUT2D eigenvalue weighted by Crippen LogP contribution is -2.40. The molecule has 3 rings (SSSR count). The molecular weight excluding hydrogens is 334 g/mol. The van der Waals surface area contributed by atoms with Crippen molar-refractivity contribution in [2.75, 3.05) is 13.2 Å². The van der Waals surface area contributed by atoms with Gasteiger partial charge in [-0.25, -0.2) is 4.79 Å². The van der Waals surface area contributed by atoms with Crippen LogP contribution in [-0.2, 0) is 9.53 Å². The average Bonchev–Trinajstić information content (AvgIpc) is 2.91. The molecule has 1 N–H and O–H groups in total. The highest BCUT2D eigenvalue weighted by atomic mass is 19.4. The standard InChI is InChI=1S/C17H14BF3NO3/c19-18(20,21)16(23)9-22-17(24)25-10-15-13-7-3-1-5-11(13)12-6-2-4-8-14(12)15/h1-8,15H,9-10H2,(H,22,24)/q-1. The first kappa shape index (κ1) is 17.1. The molecule has 25 heavy (non-hydrogen) atoms. The third kappa shape index (κ3) is 3.52. The van der Waals surface area contributed by atoms with Crippen LogP contribution in [0.4, 0.5) is 17.7 Å². The quantitative estimate of drug-likeness (QED) is 0.842. The summed E-state index contributed by atoms with van der Waals surface area (Å²) in [6.07, 6.45) is -1.05. The Balaban J connectivity index is 1.66. The predicted octanol–water partition coefficient (Wildman–Crippen LogP) is 3.48. The van der Waals surface area contributed by atoms with Crippen molar-refractivity contribution >= 4 is 18.8 Å². The molecule has 4 nitrogen and oxygen atoms in total. The summed E-state index contributed by atoms with van der Waals surface area (Å²) in [6, 6.07) is 15.4. The molecule has 0 unspecified atom stereocenters. The Morgan fingerprint density at radius 1 is 0.960 bits per heavy atom. The van der Waals surface area contributed by atoms with Gasteiger partial charge in [-0.2, -0.15) is 0 Å². The molecule has 0 atom stereocenters. The molecule has 0 aromatic heterocycles. The van der Waals surface area contributed by atoms with Crippen LogP contribution in [0.15, 0.2) is 48.5 Å². The van der Waals surface area contributed by atoms with E-state index in [-0.39, 0.29) is 12.5 Å². The summed E-state index contributed by atoms with van der Waals surface area (Å²) in [6.45, 7) is -6.74. The minimum absolute atomic E-state index is 0.0226. The predicted molar refractivity (Wildman–Crippen MR) is 87.2 cm³/mol. The van der Waals surface area contributed by atoms with Crippen LogP contribution in [0, 0.1) is 0 Å². The number of carbonyl (C=O) groups is 2. The van der Waals surface area contributed by atoms with E-state index in [1.807, 2.05) is 53.8 Å². The zero-order valence-electron chi connectivity index (χ0n) is 13.0. The molecule has 8 heteroatoms. The Kier molecular flexibility index (Phi) is 4.52. The maximum absolute atomic E-state index is 12.2. The molecular formula is C17H14BF3NO3-. The number of rotatable bonds is 5. The second-order valence-corrected chi connectivity index (χ2v) is 5.72. The lowest BCUT2D eigenvalue weighted by Gasteiger charge is -2.16. The number of halogens is 3. The van der Waals surface area contributed by atoms with Gasteiger partial charge in [0, 0.05) is 5.92 Å². The SMILES string of the molecule is O=C(NCC(=O)[B-](F)(F)F)OCC1c2ccccc2-c2ccccc21. The first-order valence-electron chi connectivity index (χ1n) is 7.69. The van der Waals surface area contributed by atoms with E-state index in [1.54, 1.807) is 0 Å². The van der Waals surface area contributed by atoms with Gasteiger partial charge in [-0.05, 0) is 22.3 Å². The minimum Gasteiger partial charge on any atom is -0.449 e. The van der Waals surface area contributed by atoms with Crippen molar-refractivity contribution in [2.45, 2.75) is 5.92 Å². The number of benzene rings is 2. The Labute approximate surface area is 142 Å². The first-order chi connectivity index (χ1) is 11.9. The second kappa shape index (κ2) is 6.62. The number of nitrogens with one attached hydrogen (secondary N) is 1. The molecule has 0 saturated carbocycles. The van der Waals surface area contributed by atoms with Gasteiger partial charge in [0.05, 0.1) is 12.2 Å². The number of hydrogen-bond acceptors (Lipinski definition) is 3. The molecule has 130 valence electrons. The van der Waals surface area contributed by atoms with Crippen molar-refractivity contribution in [3.63, 3.8) is 0 Å². The lowest BCUT2D eigenvalue weighted by atomic mass is 9.84. The minimum atomic E-state index is -5.61. The zero-order valence-corrected chi connectivity index (χ0v) is 13.0. The Hall–Kier alpha value is -2.77. The number of ether oxygens (including phenoxy) is 1. The lowest BCUT2D eigenvalue weighted by molar-refractivity contribution is -0.114. The largest absolute Gasteiger partial charge is 0.546 e. The number of carbonyl (C=O) groups excluding carboxylic acids is 2. The first-order valence-corrected chi connectivity index (χ1v) is 7.69. The molecule has 0 saturated heterocycles. The number of amides is 1. The molecule has 1 aliphatic rings. The van der Waals surface area contributed by atoms with Gasteiger partial charge in [0.1, 0.15) is 6.61 Å². The summed E-state index contributed by atoms with van der Waals surface area (Å²) >= 11 is 0. The molecule has 0 radical (unpaired) electrons. The summed E-state index contributed by atoms with van der Waals surface area (Å²) in [5.41, 5.74) is 2.11. The Morgan fingerprint density at radius 3 is 2.00 bits per heavy atom. The molecule has 1 aliphatic carbocycles. The van der Waals surface area contributed by atoms with E-state index in [1.165, 1.54) is 0 Å². The average molecular weight is 348 g/mol. The molecule has 1 amide bonds. The fourth-order valence-corrected chi connectivity index (χ4v) is 2.92. The van der Waals surface area contributed by atoms with Crippen LogP contribution in [0.2, 0.25) is 0 Å². The van der Waals surface area contributed by atoms with Crippen LogP contribution in [0.3, 0.4) is 0 Å². The van der Waals surface area contributed by atoms with Gasteiger partial charge in [-0.15, -0.1) is 0 Å². The molecule has 2 aromatic rings. The van der Waals surface area contributed by atoms with E-state index in [2.05, 4.69) is 0 Å². The van der Waals surface area contributed by atoms with Crippen LogP contribution in [0.25, 0.3) is 11.1 Å². The van der Waals surface area contributed by atoms with Crippen LogP contribution in [0.1, 0.15) is 17.0 Å². The van der Waals surface area contributed by atoms with Gasteiger partial charge in [-0.1, -0.05) is 48.5 Å². The van der Waals surface area contributed by atoms with Crippen LogP contribution in [-0.4, -0.2) is 31.9 Å². The van der Waals surface area contributed by atoms with Crippen LogP contribution in [0.5, 0.6) is 0 Å².